The summed E-state index contributed by atoms with van der Waals surface area (Å²) in [6, 6.07) is 11.4. The van der Waals surface area contributed by atoms with E-state index in [1.54, 1.807) is 12.1 Å². The first-order valence-corrected chi connectivity index (χ1v) is 16.2. The van der Waals surface area contributed by atoms with Gasteiger partial charge in [-0.25, -0.2) is 0 Å². The summed E-state index contributed by atoms with van der Waals surface area (Å²) < 4.78 is 6.31. The summed E-state index contributed by atoms with van der Waals surface area (Å²) in [5, 5.41) is 30.8. The van der Waals surface area contributed by atoms with Crippen LogP contribution < -0.4 is 10.6 Å². The number of rotatable bonds is 8. The maximum absolute atomic E-state index is 13.0. The van der Waals surface area contributed by atoms with E-state index in [2.05, 4.69) is 41.5 Å². The van der Waals surface area contributed by atoms with Crippen LogP contribution in [0, 0.1) is 5.41 Å². The van der Waals surface area contributed by atoms with Gasteiger partial charge in [-0.05, 0) is 0 Å². The zero-order valence-corrected chi connectivity index (χ0v) is 27.8. The molecule has 2 aromatic rings. The van der Waals surface area contributed by atoms with Gasteiger partial charge in [0.1, 0.15) is 0 Å². The number of aliphatic hydroxyl groups excluding tert-OH is 3. The van der Waals surface area contributed by atoms with Gasteiger partial charge in [0.05, 0.1) is 0 Å². The van der Waals surface area contributed by atoms with Crippen molar-refractivity contribution in [3.63, 3.8) is 0 Å². The van der Waals surface area contributed by atoms with Crippen LogP contribution in [-0.2, 0) is 26.2 Å². The van der Waals surface area contributed by atoms with Crippen LogP contribution in [0.3, 0.4) is 0 Å². The van der Waals surface area contributed by atoms with Crippen molar-refractivity contribution >= 4 is 17.9 Å². The second-order valence-corrected chi connectivity index (χ2v) is 18.8. The molecular formula is C33H55O6P. The molecule has 0 bridgehead atoms. The van der Waals surface area contributed by atoms with Gasteiger partial charge in [-0.2, -0.15) is 0 Å². The molecule has 40 heavy (non-hydrogen) atoms. The van der Waals surface area contributed by atoms with E-state index in [0.29, 0.717) is 0 Å². The molecule has 0 amide bonds. The summed E-state index contributed by atoms with van der Waals surface area (Å²) >= 11 is 0. The predicted octanol–water partition coefficient (Wildman–Crippen LogP) is 5.09. The summed E-state index contributed by atoms with van der Waals surface area (Å²) in [5.41, 5.74) is 0.804. The predicted molar refractivity (Wildman–Crippen MR) is 168 cm³/mol. The van der Waals surface area contributed by atoms with Crippen molar-refractivity contribution < 1.29 is 29.6 Å². The molecule has 228 valence electrons. The topological polar surface area (TPSA) is 110 Å². The standard InChI is InChI=1S/C33H55O6P/c1-29(2,3)23-13-15-27(25(17-23)31(7,8)9)40(37,38,39-22-33(19-34,20-35)21-36)28-16-14-24(30(4,5)6)18-26(28)32(10,11)12/h13-18,34-38H,19-22H2,1-12H3. The van der Waals surface area contributed by atoms with E-state index in [0.717, 1.165) is 22.3 Å². The summed E-state index contributed by atoms with van der Waals surface area (Å²) in [4.78, 5) is 25.9. The quantitative estimate of drug-likeness (QED) is 0.279. The van der Waals surface area contributed by atoms with Crippen LogP contribution in [0.1, 0.15) is 105 Å². The minimum atomic E-state index is -5.49. The molecule has 2 aromatic carbocycles. The fraction of sp³-hybridized carbons (Fsp3) is 0.636. The molecule has 0 fully saturated rings. The van der Waals surface area contributed by atoms with Crippen LogP contribution in [0.25, 0.3) is 0 Å². The first kappa shape index (κ1) is 34.8. The first-order valence-electron chi connectivity index (χ1n) is 14.2. The number of aliphatic hydroxyl groups is 3. The summed E-state index contributed by atoms with van der Waals surface area (Å²) in [6.07, 6.45) is 0. The molecule has 2 rings (SSSR count). The van der Waals surface area contributed by atoms with Gasteiger partial charge >= 0.3 is 243 Å². The molecule has 0 atom stereocenters. The van der Waals surface area contributed by atoms with Gasteiger partial charge in [-0.1, -0.05) is 0 Å². The molecule has 5 N–H and O–H groups in total. The fourth-order valence-electron chi connectivity index (χ4n) is 4.72. The van der Waals surface area contributed by atoms with Crippen molar-refractivity contribution in [1.82, 2.24) is 0 Å². The molecule has 6 nitrogen and oxygen atoms in total. The molecule has 0 aliphatic rings. The van der Waals surface area contributed by atoms with Crippen molar-refractivity contribution in [2.24, 2.45) is 5.41 Å². The van der Waals surface area contributed by atoms with Gasteiger partial charge in [-0.3, -0.25) is 0 Å². The third kappa shape index (κ3) is 6.98. The molecule has 0 unspecified atom stereocenters. The monoisotopic (exact) mass is 578 g/mol. The van der Waals surface area contributed by atoms with Gasteiger partial charge < -0.3 is 0 Å². The summed E-state index contributed by atoms with van der Waals surface area (Å²) in [5.74, 6) is 0. The molecule has 0 radical (unpaired) electrons. The zero-order valence-electron chi connectivity index (χ0n) is 26.9. The SMILES string of the molecule is CC(C)(C)c1ccc(P(O)(O)(OCC(CO)(CO)CO)c2ccc(C(C)(C)C)cc2C(C)(C)C)c(C(C)(C)C)c1. The Bertz CT molecular complexity index is 1100. The van der Waals surface area contributed by atoms with Gasteiger partial charge in [0.25, 0.3) is 0 Å². The molecule has 0 aliphatic carbocycles. The third-order valence-electron chi connectivity index (χ3n) is 7.83. The zero-order chi connectivity index (χ0) is 31.2. The number of hydrogen-bond acceptors (Lipinski definition) is 6. The Morgan fingerprint density at radius 2 is 0.875 bits per heavy atom. The van der Waals surface area contributed by atoms with Gasteiger partial charge in [0.15, 0.2) is 0 Å². The summed E-state index contributed by atoms with van der Waals surface area (Å²) in [6.45, 7) is 22.6. The van der Waals surface area contributed by atoms with E-state index in [9.17, 15) is 25.1 Å². The van der Waals surface area contributed by atoms with Crippen molar-refractivity contribution in [3.05, 3.63) is 58.7 Å². The third-order valence-corrected chi connectivity index (χ3v) is 11.0. The number of benzene rings is 2. The molecule has 0 aliphatic heterocycles. The van der Waals surface area contributed by atoms with E-state index in [1.807, 2.05) is 65.8 Å². The van der Waals surface area contributed by atoms with Crippen LogP contribution in [0.5, 0.6) is 0 Å². The van der Waals surface area contributed by atoms with E-state index in [4.69, 9.17) is 4.52 Å². The molecule has 0 aromatic heterocycles. The van der Waals surface area contributed by atoms with Crippen LogP contribution in [-0.4, -0.2) is 51.5 Å². The Labute approximate surface area is 242 Å². The van der Waals surface area contributed by atoms with E-state index in [1.165, 1.54) is 0 Å². The molecule has 0 saturated carbocycles. The number of hydrogen-bond donors (Lipinski definition) is 5. The van der Waals surface area contributed by atoms with E-state index in [-0.39, 0.29) is 21.4 Å². The molecule has 0 spiro atoms. The molecule has 0 heterocycles. The Morgan fingerprint density at radius 3 is 1.12 bits per heavy atom. The average molecular weight is 579 g/mol. The normalized spacial score (nSPS) is 15.2. The van der Waals surface area contributed by atoms with Crippen molar-refractivity contribution in [3.8, 4) is 0 Å². The molecule has 0 saturated heterocycles. The Hall–Kier alpha value is -1.37. The van der Waals surface area contributed by atoms with Gasteiger partial charge in [-0.15, -0.1) is 0 Å². The average Bonchev–Trinajstić information content (AvgIpc) is 2.82. The van der Waals surface area contributed by atoms with E-state index < -0.39 is 50.0 Å². The second kappa shape index (κ2) is 11.0. The minimum absolute atomic E-state index is 0.175. The molecular weight excluding hydrogens is 523 g/mol. The van der Waals surface area contributed by atoms with Crippen LogP contribution in [0.15, 0.2) is 36.4 Å². The Balaban J connectivity index is 3.13. The van der Waals surface area contributed by atoms with Crippen LogP contribution >= 0.6 is 7.28 Å². The van der Waals surface area contributed by atoms with Gasteiger partial charge in [0.2, 0.25) is 0 Å². The Morgan fingerprint density at radius 1 is 0.550 bits per heavy atom. The second-order valence-electron chi connectivity index (χ2n) is 15.7. The van der Waals surface area contributed by atoms with E-state index >= 15 is 0 Å². The fourth-order valence-corrected chi connectivity index (χ4v) is 8.14. The molecule has 7 heteroatoms. The van der Waals surface area contributed by atoms with Crippen LogP contribution in [0.2, 0.25) is 0 Å². The van der Waals surface area contributed by atoms with Crippen molar-refractivity contribution in [2.45, 2.75) is 105 Å². The first-order chi connectivity index (χ1) is 17.8. The van der Waals surface area contributed by atoms with Crippen molar-refractivity contribution in [2.75, 3.05) is 26.4 Å². The van der Waals surface area contributed by atoms with Crippen LogP contribution in [0.4, 0.5) is 0 Å². The summed E-state index contributed by atoms with van der Waals surface area (Å²) in [7, 11) is -5.49. The maximum atomic E-state index is 13.0. The van der Waals surface area contributed by atoms with Crippen molar-refractivity contribution in [1.29, 1.82) is 0 Å². The van der Waals surface area contributed by atoms with Gasteiger partial charge in [0, 0.05) is 0 Å². The Kier molecular flexibility index (Phi) is 9.61.